The zero-order chi connectivity index (χ0) is 16.4. The molecule has 0 aliphatic carbocycles. The molecular formula is C19H16N2O2. The zero-order valence-electron chi connectivity index (χ0n) is 12.9. The van der Waals surface area contributed by atoms with E-state index in [2.05, 4.69) is 12.6 Å². The van der Waals surface area contributed by atoms with Gasteiger partial charge in [0, 0.05) is 24.2 Å². The summed E-state index contributed by atoms with van der Waals surface area (Å²) in [5.74, 6) is 0.739. The van der Waals surface area contributed by atoms with Gasteiger partial charge in [0.2, 0.25) is 0 Å². The summed E-state index contributed by atoms with van der Waals surface area (Å²) in [7, 11) is 1.62. The average Bonchev–Trinajstić information content (AvgIpc) is 2.91. The van der Waals surface area contributed by atoms with Gasteiger partial charge in [0.15, 0.2) is 0 Å². The van der Waals surface area contributed by atoms with Crippen LogP contribution in [-0.2, 0) is 13.1 Å². The molecule has 0 saturated heterocycles. The molecule has 1 amide bonds. The Morgan fingerprint density at radius 2 is 2.09 bits per heavy atom. The van der Waals surface area contributed by atoms with Gasteiger partial charge in [-0.25, -0.2) is 0 Å². The van der Waals surface area contributed by atoms with Crippen LogP contribution in [0.1, 0.15) is 32.6 Å². The molecule has 0 radical (unpaired) electrons. The van der Waals surface area contributed by atoms with E-state index in [0.29, 0.717) is 24.2 Å². The van der Waals surface area contributed by atoms with Crippen molar-refractivity contribution >= 4 is 12.0 Å². The number of benzene rings is 2. The van der Waals surface area contributed by atoms with E-state index in [0.717, 1.165) is 22.4 Å². The zero-order valence-corrected chi connectivity index (χ0v) is 12.9. The molecule has 0 N–H and O–H groups in total. The van der Waals surface area contributed by atoms with Crippen LogP contribution in [0.25, 0.3) is 6.08 Å². The van der Waals surface area contributed by atoms with Crippen LogP contribution in [0.3, 0.4) is 0 Å². The highest BCUT2D eigenvalue weighted by Gasteiger charge is 2.29. The maximum absolute atomic E-state index is 12.6. The number of rotatable bonds is 4. The van der Waals surface area contributed by atoms with E-state index in [-0.39, 0.29) is 5.91 Å². The van der Waals surface area contributed by atoms with Crippen LogP contribution in [0.15, 0.2) is 43.0 Å². The van der Waals surface area contributed by atoms with Gasteiger partial charge in [0.1, 0.15) is 5.75 Å². The summed E-state index contributed by atoms with van der Waals surface area (Å²) in [5, 5.41) is 9.31. The van der Waals surface area contributed by atoms with Crippen molar-refractivity contribution in [3.63, 3.8) is 0 Å². The summed E-state index contributed by atoms with van der Waals surface area (Å²) in [6.07, 6.45) is 1.65. The highest BCUT2D eigenvalue weighted by Crippen LogP contribution is 2.29. The van der Waals surface area contributed by atoms with Gasteiger partial charge in [-0.2, -0.15) is 5.26 Å². The molecule has 4 heteroatoms. The van der Waals surface area contributed by atoms with Crippen molar-refractivity contribution < 1.29 is 9.53 Å². The minimum Gasteiger partial charge on any atom is -0.497 e. The Labute approximate surface area is 135 Å². The highest BCUT2D eigenvalue weighted by atomic mass is 16.5. The van der Waals surface area contributed by atoms with E-state index in [1.807, 2.05) is 24.3 Å². The molecule has 0 atom stereocenters. The fourth-order valence-electron chi connectivity index (χ4n) is 2.79. The van der Waals surface area contributed by atoms with Crippen molar-refractivity contribution in [2.45, 2.75) is 13.1 Å². The number of ether oxygens (including phenoxy) is 1. The molecule has 1 aliphatic heterocycles. The predicted molar refractivity (Wildman–Crippen MR) is 87.8 cm³/mol. The molecule has 2 aromatic carbocycles. The maximum Gasteiger partial charge on any atom is 0.254 e. The predicted octanol–water partition coefficient (Wildman–Crippen LogP) is 3.37. The van der Waals surface area contributed by atoms with Crippen molar-refractivity contribution in [2.75, 3.05) is 7.11 Å². The molecule has 2 aromatic rings. The second-order valence-corrected chi connectivity index (χ2v) is 5.42. The van der Waals surface area contributed by atoms with Gasteiger partial charge in [0.05, 0.1) is 18.7 Å². The van der Waals surface area contributed by atoms with Crippen LogP contribution in [0, 0.1) is 11.3 Å². The first kappa shape index (κ1) is 14.9. The van der Waals surface area contributed by atoms with Gasteiger partial charge in [-0.15, -0.1) is 0 Å². The molecule has 0 bridgehead atoms. The van der Waals surface area contributed by atoms with E-state index >= 15 is 0 Å². The number of carbonyl (C=O) groups is 1. The molecule has 0 aromatic heterocycles. The summed E-state index contributed by atoms with van der Waals surface area (Å²) >= 11 is 0. The third kappa shape index (κ3) is 2.69. The molecule has 23 heavy (non-hydrogen) atoms. The van der Waals surface area contributed by atoms with Crippen LogP contribution in [0.2, 0.25) is 0 Å². The van der Waals surface area contributed by atoms with Crippen molar-refractivity contribution in [2.24, 2.45) is 0 Å². The van der Waals surface area contributed by atoms with Crippen LogP contribution in [0.4, 0.5) is 0 Å². The van der Waals surface area contributed by atoms with Crippen molar-refractivity contribution in [3.05, 3.63) is 70.8 Å². The van der Waals surface area contributed by atoms with Crippen molar-refractivity contribution in [3.8, 4) is 11.8 Å². The molecule has 4 nitrogen and oxygen atoms in total. The lowest BCUT2D eigenvalue weighted by Crippen LogP contribution is -2.23. The quantitative estimate of drug-likeness (QED) is 0.870. The average molecular weight is 304 g/mol. The number of amides is 1. The largest absolute Gasteiger partial charge is 0.497 e. The minimum absolute atomic E-state index is 0.0454. The fourth-order valence-corrected chi connectivity index (χ4v) is 2.79. The SMILES string of the molecule is C=Cc1cc(C#N)c2c(c1)C(=O)N(Cc1ccc(OC)cc1)C2. The fraction of sp³-hybridized carbons (Fsp3) is 0.158. The Morgan fingerprint density at radius 3 is 2.70 bits per heavy atom. The lowest BCUT2D eigenvalue weighted by molar-refractivity contribution is 0.0766. The minimum atomic E-state index is -0.0454. The van der Waals surface area contributed by atoms with Crippen LogP contribution < -0.4 is 4.74 Å². The lowest BCUT2D eigenvalue weighted by Gasteiger charge is -2.15. The number of hydrogen-bond donors (Lipinski definition) is 0. The Kier molecular flexibility index (Phi) is 3.86. The lowest BCUT2D eigenvalue weighted by atomic mass is 10.0. The Hall–Kier alpha value is -3.06. The Bertz CT molecular complexity index is 816. The highest BCUT2D eigenvalue weighted by molar-refractivity contribution is 5.99. The van der Waals surface area contributed by atoms with E-state index in [1.165, 1.54) is 0 Å². The summed E-state index contributed by atoms with van der Waals surface area (Å²) in [4.78, 5) is 14.4. The number of hydrogen-bond acceptors (Lipinski definition) is 3. The van der Waals surface area contributed by atoms with E-state index in [4.69, 9.17) is 4.74 Å². The molecule has 0 fully saturated rings. The summed E-state index contributed by atoms with van der Waals surface area (Å²) in [5.41, 5.74) is 3.77. The van der Waals surface area contributed by atoms with Gasteiger partial charge < -0.3 is 9.64 Å². The van der Waals surface area contributed by atoms with Gasteiger partial charge in [0.25, 0.3) is 5.91 Å². The molecule has 3 rings (SSSR count). The molecule has 0 unspecified atom stereocenters. The van der Waals surface area contributed by atoms with Gasteiger partial charge in [-0.3, -0.25) is 4.79 Å². The van der Waals surface area contributed by atoms with Crippen molar-refractivity contribution in [1.82, 2.24) is 4.90 Å². The standard InChI is InChI=1S/C19H16N2O2/c1-3-13-8-15(10-20)18-12-21(19(22)17(18)9-13)11-14-4-6-16(23-2)7-5-14/h3-9H,1,11-12H2,2H3. The summed E-state index contributed by atoms with van der Waals surface area (Å²) < 4.78 is 5.14. The van der Waals surface area contributed by atoms with Crippen LogP contribution in [-0.4, -0.2) is 17.9 Å². The third-order valence-electron chi connectivity index (χ3n) is 4.03. The van der Waals surface area contributed by atoms with Crippen molar-refractivity contribution in [1.29, 1.82) is 5.26 Å². The molecule has 0 saturated carbocycles. The molecule has 1 heterocycles. The molecular weight excluding hydrogens is 288 g/mol. The van der Waals surface area contributed by atoms with Gasteiger partial charge in [-0.1, -0.05) is 24.8 Å². The summed E-state index contributed by atoms with van der Waals surface area (Å²) in [6.45, 7) is 4.68. The normalized spacial score (nSPS) is 12.7. The number of nitriles is 1. The number of fused-ring (bicyclic) bond motifs is 1. The Morgan fingerprint density at radius 1 is 1.35 bits per heavy atom. The van der Waals surface area contributed by atoms with Crippen LogP contribution >= 0.6 is 0 Å². The topological polar surface area (TPSA) is 53.3 Å². The maximum atomic E-state index is 12.6. The van der Waals surface area contributed by atoms with E-state index in [1.54, 1.807) is 30.2 Å². The second-order valence-electron chi connectivity index (χ2n) is 5.42. The molecule has 0 spiro atoms. The first-order valence-electron chi connectivity index (χ1n) is 7.28. The number of methoxy groups -OCH3 is 1. The second kappa shape index (κ2) is 5.98. The van der Waals surface area contributed by atoms with E-state index < -0.39 is 0 Å². The number of carbonyl (C=O) groups excluding carboxylic acids is 1. The molecule has 114 valence electrons. The summed E-state index contributed by atoms with van der Waals surface area (Å²) in [6, 6.07) is 13.4. The first-order chi connectivity index (χ1) is 11.2. The smallest absolute Gasteiger partial charge is 0.254 e. The van der Waals surface area contributed by atoms with Crippen LogP contribution in [0.5, 0.6) is 5.75 Å². The van der Waals surface area contributed by atoms with E-state index in [9.17, 15) is 10.1 Å². The first-order valence-corrected chi connectivity index (χ1v) is 7.28. The third-order valence-corrected chi connectivity index (χ3v) is 4.03. The molecule has 1 aliphatic rings. The number of nitrogens with zero attached hydrogens (tertiary/aromatic N) is 2. The monoisotopic (exact) mass is 304 g/mol. The van der Waals surface area contributed by atoms with Gasteiger partial charge in [-0.05, 0) is 35.4 Å². The Balaban J connectivity index is 1.88. The van der Waals surface area contributed by atoms with Gasteiger partial charge >= 0.3 is 0 Å².